The summed E-state index contributed by atoms with van der Waals surface area (Å²) in [6.07, 6.45) is 5.61. The minimum absolute atomic E-state index is 0.240. The molecule has 0 aliphatic heterocycles. The molecule has 2 aromatic rings. The van der Waals surface area contributed by atoms with Gasteiger partial charge in [-0.05, 0) is 48.6 Å². The van der Waals surface area contributed by atoms with Crippen molar-refractivity contribution in [2.75, 3.05) is 23.9 Å². The molecule has 22 heavy (non-hydrogen) atoms. The molecule has 0 aliphatic rings. The number of aryl methyl sites for hydroxylation is 2. The smallest absolute Gasteiger partial charge is 0.0558 e. The fraction of sp³-hybridized carbons (Fsp3) is 0.412. The van der Waals surface area contributed by atoms with Gasteiger partial charge in [-0.3, -0.25) is 9.97 Å². The summed E-state index contributed by atoms with van der Waals surface area (Å²) in [7, 11) is 0. The van der Waals surface area contributed by atoms with Crippen LogP contribution in [0, 0.1) is 0 Å². The molecular weight excluding hydrogens is 312 g/mol. The van der Waals surface area contributed by atoms with Crippen LogP contribution >= 0.6 is 23.5 Å². The molecule has 0 fully saturated rings. The second-order valence-electron chi connectivity index (χ2n) is 4.89. The minimum atomic E-state index is 0.240. The maximum Gasteiger partial charge on any atom is 0.0558 e. The van der Waals surface area contributed by atoms with Crippen molar-refractivity contribution in [3.05, 3.63) is 60.2 Å². The van der Waals surface area contributed by atoms with E-state index in [-0.39, 0.29) is 6.61 Å². The molecule has 1 unspecified atom stereocenters. The van der Waals surface area contributed by atoms with E-state index in [0.717, 1.165) is 41.5 Å². The molecular formula is C17H22N2OS2. The Hall–Kier alpha value is -1.04. The van der Waals surface area contributed by atoms with Crippen LogP contribution in [0.5, 0.6) is 0 Å². The van der Waals surface area contributed by atoms with Gasteiger partial charge in [0.2, 0.25) is 0 Å². The van der Waals surface area contributed by atoms with Crippen molar-refractivity contribution < 1.29 is 5.11 Å². The zero-order chi connectivity index (χ0) is 15.5. The molecule has 0 spiro atoms. The van der Waals surface area contributed by atoms with Crippen molar-refractivity contribution in [1.82, 2.24) is 9.97 Å². The van der Waals surface area contributed by atoms with E-state index in [0.29, 0.717) is 5.25 Å². The molecule has 5 heteroatoms. The Kier molecular flexibility index (Phi) is 8.38. The van der Waals surface area contributed by atoms with Crippen molar-refractivity contribution in [1.29, 1.82) is 0 Å². The van der Waals surface area contributed by atoms with Crippen LogP contribution in [0.4, 0.5) is 0 Å². The second-order valence-corrected chi connectivity index (χ2v) is 7.45. The van der Waals surface area contributed by atoms with Crippen molar-refractivity contribution in [3.8, 4) is 0 Å². The zero-order valence-corrected chi connectivity index (χ0v) is 14.2. The number of hydrogen-bond acceptors (Lipinski definition) is 5. The van der Waals surface area contributed by atoms with E-state index in [9.17, 15) is 5.11 Å². The van der Waals surface area contributed by atoms with Gasteiger partial charge in [0.15, 0.2) is 0 Å². The zero-order valence-electron chi connectivity index (χ0n) is 12.6. The lowest BCUT2D eigenvalue weighted by molar-refractivity contribution is 0.301. The van der Waals surface area contributed by atoms with Gasteiger partial charge < -0.3 is 5.11 Å². The Bertz CT molecular complexity index is 511. The Morgan fingerprint density at radius 2 is 1.55 bits per heavy atom. The first-order valence-corrected chi connectivity index (χ1v) is 9.69. The highest BCUT2D eigenvalue weighted by atomic mass is 32.2. The van der Waals surface area contributed by atoms with Crippen LogP contribution in [0.3, 0.4) is 0 Å². The molecule has 118 valence electrons. The quantitative estimate of drug-likeness (QED) is 0.677. The number of thioether (sulfide) groups is 2. The molecule has 0 saturated heterocycles. The van der Waals surface area contributed by atoms with Crippen molar-refractivity contribution in [3.63, 3.8) is 0 Å². The normalized spacial score (nSPS) is 12.2. The fourth-order valence-corrected chi connectivity index (χ4v) is 4.29. The van der Waals surface area contributed by atoms with Gasteiger partial charge in [0, 0.05) is 34.8 Å². The standard InChI is InChI=1S/C17H22N2OS2/c20-13-17(22-12-8-16-6-2-4-10-19-16)14-21-11-7-15-5-1-3-9-18-15/h1-6,9-10,17,20H,7-8,11-14H2. The first kappa shape index (κ1) is 17.3. The van der Waals surface area contributed by atoms with Crippen LogP contribution in [-0.2, 0) is 12.8 Å². The van der Waals surface area contributed by atoms with Crippen molar-refractivity contribution in [2.24, 2.45) is 0 Å². The maximum absolute atomic E-state index is 9.48. The van der Waals surface area contributed by atoms with E-state index >= 15 is 0 Å². The van der Waals surface area contributed by atoms with E-state index in [4.69, 9.17) is 0 Å². The van der Waals surface area contributed by atoms with E-state index in [1.165, 1.54) is 0 Å². The number of pyridine rings is 2. The average Bonchev–Trinajstić information content (AvgIpc) is 2.59. The number of aromatic nitrogens is 2. The third kappa shape index (κ3) is 6.81. The lowest BCUT2D eigenvalue weighted by atomic mass is 10.3. The Labute approximate surface area is 141 Å². The van der Waals surface area contributed by atoms with Crippen molar-refractivity contribution in [2.45, 2.75) is 18.1 Å². The van der Waals surface area contributed by atoms with Crippen molar-refractivity contribution >= 4 is 23.5 Å². The van der Waals surface area contributed by atoms with Gasteiger partial charge in [-0.25, -0.2) is 0 Å². The summed E-state index contributed by atoms with van der Waals surface area (Å²) < 4.78 is 0. The number of nitrogens with zero attached hydrogens (tertiary/aromatic N) is 2. The predicted molar refractivity (Wildman–Crippen MR) is 96.5 cm³/mol. The molecule has 3 nitrogen and oxygen atoms in total. The second kappa shape index (κ2) is 10.6. The van der Waals surface area contributed by atoms with E-state index in [1.54, 1.807) is 0 Å². The topological polar surface area (TPSA) is 46.0 Å². The summed E-state index contributed by atoms with van der Waals surface area (Å²) in [5.74, 6) is 3.04. The molecule has 0 aromatic carbocycles. The summed E-state index contributed by atoms with van der Waals surface area (Å²) >= 11 is 3.73. The monoisotopic (exact) mass is 334 g/mol. The highest BCUT2D eigenvalue weighted by Crippen LogP contribution is 2.18. The third-order valence-corrected chi connectivity index (χ3v) is 5.74. The molecule has 2 aromatic heterocycles. The van der Waals surface area contributed by atoms with Crippen LogP contribution < -0.4 is 0 Å². The summed E-state index contributed by atoms with van der Waals surface area (Å²) in [5, 5.41) is 9.78. The largest absolute Gasteiger partial charge is 0.395 e. The van der Waals surface area contributed by atoms with Gasteiger partial charge in [0.25, 0.3) is 0 Å². The SMILES string of the molecule is OCC(CSCCc1ccccn1)SCCc1ccccn1. The highest BCUT2D eigenvalue weighted by molar-refractivity contribution is 8.03. The van der Waals surface area contributed by atoms with Gasteiger partial charge in [-0.15, -0.1) is 0 Å². The van der Waals surface area contributed by atoms with Gasteiger partial charge in [-0.2, -0.15) is 23.5 Å². The molecule has 1 N–H and O–H groups in total. The molecule has 0 bridgehead atoms. The average molecular weight is 335 g/mol. The first-order chi connectivity index (χ1) is 10.9. The fourth-order valence-electron chi connectivity index (χ4n) is 1.97. The van der Waals surface area contributed by atoms with Crippen LogP contribution in [-0.4, -0.2) is 44.2 Å². The van der Waals surface area contributed by atoms with Crippen LogP contribution in [0.2, 0.25) is 0 Å². The first-order valence-electron chi connectivity index (χ1n) is 7.48. The van der Waals surface area contributed by atoms with Crippen LogP contribution in [0.15, 0.2) is 48.8 Å². The Morgan fingerprint density at radius 3 is 2.09 bits per heavy atom. The summed E-state index contributed by atoms with van der Waals surface area (Å²) in [6, 6.07) is 12.0. The number of aliphatic hydroxyl groups excluding tert-OH is 1. The predicted octanol–water partition coefficient (Wildman–Crippen LogP) is 3.09. The van der Waals surface area contributed by atoms with E-state index < -0.39 is 0 Å². The third-order valence-electron chi connectivity index (χ3n) is 3.17. The molecule has 0 amide bonds. The van der Waals surface area contributed by atoms with Crippen LogP contribution in [0.25, 0.3) is 0 Å². The number of rotatable bonds is 10. The molecule has 0 radical (unpaired) electrons. The van der Waals surface area contributed by atoms with E-state index in [2.05, 4.69) is 22.1 Å². The van der Waals surface area contributed by atoms with Gasteiger partial charge in [0.1, 0.15) is 0 Å². The lowest BCUT2D eigenvalue weighted by Crippen LogP contribution is -2.14. The van der Waals surface area contributed by atoms with Gasteiger partial charge in [0.05, 0.1) is 6.61 Å². The molecule has 2 rings (SSSR count). The highest BCUT2D eigenvalue weighted by Gasteiger charge is 2.08. The molecule has 0 aliphatic carbocycles. The number of hydrogen-bond donors (Lipinski definition) is 1. The van der Waals surface area contributed by atoms with Crippen LogP contribution in [0.1, 0.15) is 11.4 Å². The lowest BCUT2D eigenvalue weighted by Gasteiger charge is -2.13. The van der Waals surface area contributed by atoms with Gasteiger partial charge >= 0.3 is 0 Å². The molecule has 0 saturated carbocycles. The Morgan fingerprint density at radius 1 is 0.909 bits per heavy atom. The Balaban J connectivity index is 1.58. The number of aliphatic hydroxyl groups is 1. The summed E-state index contributed by atoms with van der Waals surface area (Å²) in [6.45, 7) is 0.240. The maximum atomic E-state index is 9.48. The van der Waals surface area contributed by atoms with E-state index in [1.807, 2.05) is 60.2 Å². The molecule has 2 heterocycles. The van der Waals surface area contributed by atoms with Gasteiger partial charge in [-0.1, -0.05) is 12.1 Å². The molecule has 1 atom stereocenters. The summed E-state index contributed by atoms with van der Waals surface area (Å²) in [4.78, 5) is 8.65. The summed E-state index contributed by atoms with van der Waals surface area (Å²) in [5.41, 5.74) is 2.26. The minimum Gasteiger partial charge on any atom is -0.395 e.